The number of thiazole rings is 1. The Kier molecular flexibility index (Phi) is 6.19. The number of fused-ring (bicyclic) bond motifs is 1. The molecule has 152 valence electrons. The number of ether oxygens (including phenoxy) is 2. The number of morpholine rings is 1. The number of hydrogen-bond donors (Lipinski definition) is 0. The maximum absolute atomic E-state index is 5.78. The van der Waals surface area contributed by atoms with E-state index in [9.17, 15) is 0 Å². The number of rotatable bonds is 5. The maximum atomic E-state index is 5.78. The third-order valence-corrected chi connectivity index (χ3v) is 8.15. The van der Waals surface area contributed by atoms with E-state index in [0.29, 0.717) is 5.41 Å². The number of nitrogens with zero attached hydrogens (tertiary/aromatic N) is 3. The van der Waals surface area contributed by atoms with Gasteiger partial charge in [-0.15, -0.1) is 11.3 Å². The Morgan fingerprint density at radius 2 is 2.04 bits per heavy atom. The van der Waals surface area contributed by atoms with Crippen molar-refractivity contribution in [3.8, 4) is 0 Å². The van der Waals surface area contributed by atoms with E-state index in [1.54, 1.807) is 0 Å². The largest absolute Gasteiger partial charge is 0.384 e. The van der Waals surface area contributed by atoms with Crippen LogP contribution in [0.1, 0.15) is 41.3 Å². The second-order valence-corrected chi connectivity index (χ2v) is 10.1. The third-order valence-electron chi connectivity index (χ3n) is 7.09. The quantitative estimate of drug-likeness (QED) is 0.768. The number of piperidine rings is 1. The monoisotopic (exact) mass is 393 g/mol. The normalized spacial score (nSPS) is 33.1. The lowest BCUT2D eigenvalue weighted by Crippen LogP contribution is -2.56. The molecule has 3 heterocycles. The van der Waals surface area contributed by atoms with Gasteiger partial charge in [-0.1, -0.05) is 0 Å². The molecule has 1 aromatic heterocycles. The summed E-state index contributed by atoms with van der Waals surface area (Å²) in [4.78, 5) is 11.4. The van der Waals surface area contributed by atoms with Gasteiger partial charge in [-0.2, -0.15) is 0 Å². The van der Waals surface area contributed by atoms with Crippen LogP contribution < -0.4 is 0 Å². The number of aryl methyl sites for hydroxylation is 2. The van der Waals surface area contributed by atoms with E-state index in [2.05, 4.69) is 28.6 Å². The number of hydrogen-bond acceptors (Lipinski definition) is 6. The van der Waals surface area contributed by atoms with Gasteiger partial charge in [0.1, 0.15) is 0 Å². The van der Waals surface area contributed by atoms with Gasteiger partial charge in [0.2, 0.25) is 0 Å². The van der Waals surface area contributed by atoms with Crippen LogP contribution in [0.3, 0.4) is 0 Å². The van der Waals surface area contributed by atoms with Gasteiger partial charge in [0.05, 0.1) is 30.5 Å². The number of likely N-dealkylation sites (tertiary alicyclic amines) is 1. The molecule has 0 bridgehead atoms. The summed E-state index contributed by atoms with van der Waals surface area (Å²) in [7, 11) is 1.88. The molecule has 0 N–H and O–H groups in total. The topological polar surface area (TPSA) is 37.8 Å². The molecule has 4 rings (SSSR count). The van der Waals surface area contributed by atoms with Gasteiger partial charge in [-0.25, -0.2) is 4.98 Å². The molecular weight excluding hydrogens is 358 g/mol. The minimum Gasteiger partial charge on any atom is -0.384 e. The maximum Gasteiger partial charge on any atom is 0.0900 e. The van der Waals surface area contributed by atoms with E-state index in [1.165, 1.54) is 54.4 Å². The highest BCUT2D eigenvalue weighted by molar-refractivity contribution is 7.11. The van der Waals surface area contributed by atoms with E-state index in [-0.39, 0.29) is 0 Å². The molecule has 2 aliphatic heterocycles. The van der Waals surface area contributed by atoms with Crippen molar-refractivity contribution in [1.82, 2.24) is 14.8 Å². The Balaban J connectivity index is 1.43. The minimum atomic E-state index is 0.337. The van der Waals surface area contributed by atoms with Crippen LogP contribution in [0.5, 0.6) is 0 Å². The van der Waals surface area contributed by atoms with Gasteiger partial charge >= 0.3 is 0 Å². The zero-order valence-electron chi connectivity index (χ0n) is 17.2. The Bertz CT molecular complexity index is 631. The molecule has 27 heavy (non-hydrogen) atoms. The first-order valence-corrected chi connectivity index (χ1v) is 11.4. The molecular formula is C21H35N3O2S. The van der Waals surface area contributed by atoms with Crippen molar-refractivity contribution in [3.05, 3.63) is 15.6 Å². The highest BCUT2D eigenvalue weighted by atomic mass is 32.1. The predicted molar refractivity (Wildman–Crippen MR) is 109 cm³/mol. The zero-order valence-corrected chi connectivity index (χ0v) is 18.0. The van der Waals surface area contributed by atoms with Gasteiger partial charge in [-0.3, -0.25) is 9.80 Å². The van der Waals surface area contributed by atoms with Crippen molar-refractivity contribution in [1.29, 1.82) is 0 Å². The van der Waals surface area contributed by atoms with E-state index < -0.39 is 0 Å². The molecule has 1 aromatic rings. The summed E-state index contributed by atoms with van der Waals surface area (Å²) in [5.41, 5.74) is 1.56. The highest BCUT2D eigenvalue weighted by Crippen LogP contribution is 2.48. The van der Waals surface area contributed by atoms with Crippen molar-refractivity contribution in [2.45, 2.75) is 52.1 Å². The smallest absolute Gasteiger partial charge is 0.0900 e. The molecule has 3 atom stereocenters. The first-order valence-electron chi connectivity index (χ1n) is 10.6. The van der Waals surface area contributed by atoms with Gasteiger partial charge < -0.3 is 9.47 Å². The van der Waals surface area contributed by atoms with Crippen LogP contribution in [0.2, 0.25) is 0 Å². The van der Waals surface area contributed by atoms with Crippen molar-refractivity contribution in [2.24, 2.45) is 11.3 Å². The molecule has 0 spiro atoms. The van der Waals surface area contributed by atoms with Gasteiger partial charge in [-0.05, 0) is 52.0 Å². The fourth-order valence-electron chi connectivity index (χ4n) is 5.71. The average Bonchev–Trinajstić information content (AvgIpc) is 2.99. The lowest BCUT2D eigenvalue weighted by Gasteiger charge is -2.54. The summed E-state index contributed by atoms with van der Waals surface area (Å²) in [6.07, 6.45) is 5.26. The van der Waals surface area contributed by atoms with Crippen molar-refractivity contribution < 1.29 is 9.47 Å². The lowest BCUT2D eigenvalue weighted by atomic mass is 9.62. The van der Waals surface area contributed by atoms with Crippen LogP contribution >= 0.6 is 11.3 Å². The van der Waals surface area contributed by atoms with Crippen molar-refractivity contribution >= 4 is 11.3 Å². The first-order chi connectivity index (χ1) is 13.1. The lowest BCUT2D eigenvalue weighted by molar-refractivity contribution is -0.0869. The van der Waals surface area contributed by atoms with Crippen LogP contribution in [-0.2, 0) is 16.0 Å². The van der Waals surface area contributed by atoms with Gasteiger partial charge in [0, 0.05) is 49.6 Å². The predicted octanol–water partition coefficient (Wildman–Crippen LogP) is 3.10. The van der Waals surface area contributed by atoms with Crippen LogP contribution in [0.25, 0.3) is 0 Å². The van der Waals surface area contributed by atoms with Crippen LogP contribution in [0, 0.1) is 25.2 Å². The van der Waals surface area contributed by atoms with E-state index >= 15 is 0 Å². The Morgan fingerprint density at radius 1 is 1.22 bits per heavy atom. The summed E-state index contributed by atoms with van der Waals surface area (Å²) < 4.78 is 11.3. The SMILES string of the molecule is COC[C@@]12CC[C@@H](N3CCOCC3)C[C@H]1CCN(Cc1sc(C)nc1C)C2. The zero-order chi connectivity index (χ0) is 18.9. The molecule has 6 heteroatoms. The fraction of sp³-hybridized carbons (Fsp3) is 0.857. The summed E-state index contributed by atoms with van der Waals surface area (Å²) in [5.74, 6) is 0.791. The van der Waals surface area contributed by atoms with Crippen LogP contribution in [0.15, 0.2) is 0 Å². The van der Waals surface area contributed by atoms with E-state index in [4.69, 9.17) is 9.47 Å². The van der Waals surface area contributed by atoms with Crippen molar-refractivity contribution in [3.63, 3.8) is 0 Å². The molecule has 2 saturated heterocycles. The summed E-state index contributed by atoms with van der Waals surface area (Å²) in [6.45, 7) is 12.7. The Hall–Kier alpha value is -0.530. The summed E-state index contributed by atoms with van der Waals surface area (Å²) >= 11 is 1.87. The molecule has 0 amide bonds. The molecule has 3 fully saturated rings. The second kappa shape index (κ2) is 8.46. The molecule has 0 unspecified atom stereocenters. The molecule has 1 aliphatic carbocycles. The van der Waals surface area contributed by atoms with E-state index in [1.807, 2.05) is 18.4 Å². The van der Waals surface area contributed by atoms with E-state index in [0.717, 1.165) is 51.4 Å². The van der Waals surface area contributed by atoms with Gasteiger partial charge in [0.15, 0.2) is 0 Å². The first kappa shape index (κ1) is 19.8. The fourth-order valence-corrected chi connectivity index (χ4v) is 6.68. The van der Waals surface area contributed by atoms with Crippen LogP contribution in [-0.4, -0.2) is 73.9 Å². The van der Waals surface area contributed by atoms with Crippen molar-refractivity contribution in [2.75, 3.05) is 53.1 Å². The standard InChI is InChI=1S/C21H35N3O2S/c1-16-20(27-17(2)22-16)13-23-7-5-18-12-19(24-8-10-26-11-9-24)4-6-21(18,14-23)15-25-3/h18-19H,4-15H2,1-3H3/t18-,19-,21+/m1/s1. The molecule has 0 radical (unpaired) electrons. The molecule has 3 aliphatic rings. The average molecular weight is 394 g/mol. The molecule has 1 saturated carbocycles. The minimum absolute atomic E-state index is 0.337. The molecule has 5 nitrogen and oxygen atoms in total. The third kappa shape index (κ3) is 4.25. The Labute approximate surface area is 168 Å². The van der Waals surface area contributed by atoms with Crippen LogP contribution in [0.4, 0.5) is 0 Å². The van der Waals surface area contributed by atoms with Gasteiger partial charge in [0.25, 0.3) is 0 Å². The number of methoxy groups -OCH3 is 1. The Morgan fingerprint density at radius 3 is 2.74 bits per heavy atom. The molecule has 0 aromatic carbocycles. The summed E-state index contributed by atoms with van der Waals surface area (Å²) in [6, 6.07) is 0.752. The second-order valence-electron chi connectivity index (χ2n) is 8.81. The number of aromatic nitrogens is 1. The summed E-state index contributed by atoms with van der Waals surface area (Å²) in [5, 5.41) is 1.19. The highest BCUT2D eigenvalue weighted by Gasteiger charge is 2.48.